The molecule has 2 heterocycles. The largest absolute Gasteiger partial charge is 0.497 e. The zero-order valence-electron chi connectivity index (χ0n) is 16.3. The van der Waals surface area contributed by atoms with Gasteiger partial charge in [0.2, 0.25) is 5.55 Å². The van der Waals surface area contributed by atoms with Gasteiger partial charge >= 0.3 is 0 Å². The summed E-state index contributed by atoms with van der Waals surface area (Å²) in [6.45, 7) is 1.85. The van der Waals surface area contributed by atoms with E-state index in [0.29, 0.717) is 33.2 Å². The Morgan fingerprint density at radius 1 is 1.10 bits per heavy atom. The summed E-state index contributed by atoms with van der Waals surface area (Å²) in [6, 6.07) is 19.5. The first kappa shape index (κ1) is 19.7. The number of methoxy groups -OCH3 is 1. The molecule has 7 heteroatoms. The minimum Gasteiger partial charge on any atom is -0.497 e. The molecule has 6 nitrogen and oxygen atoms in total. The summed E-state index contributed by atoms with van der Waals surface area (Å²) in [5.74, 6) is 0.773. The van der Waals surface area contributed by atoms with Crippen LogP contribution in [0.5, 0.6) is 5.75 Å². The van der Waals surface area contributed by atoms with Gasteiger partial charge < -0.3 is 14.5 Å². The van der Waals surface area contributed by atoms with E-state index in [1.165, 1.54) is 0 Å². The van der Waals surface area contributed by atoms with E-state index in [0.717, 1.165) is 5.69 Å². The Labute approximate surface area is 177 Å². The van der Waals surface area contributed by atoms with Crippen molar-refractivity contribution < 1.29 is 13.9 Å². The van der Waals surface area contributed by atoms with Crippen LogP contribution >= 0.6 is 11.6 Å². The van der Waals surface area contributed by atoms with Gasteiger partial charge in [-0.3, -0.25) is 4.79 Å². The Kier molecular flexibility index (Phi) is 5.50. The number of aromatic nitrogens is 1. The Balaban J connectivity index is 1.83. The average Bonchev–Trinajstić information content (AvgIpc) is 2.74. The molecule has 0 atom stereocenters. The maximum Gasteiger partial charge on any atom is 0.262 e. The van der Waals surface area contributed by atoms with Crippen LogP contribution in [-0.2, 0) is 0 Å². The van der Waals surface area contributed by atoms with Gasteiger partial charge in [-0.1, -0.05) is 17.7 Å². The zero-order valence-corrected chi connectivity index (χ0v) is 17.1. The van der Waals surface area contributed by atoms with Crippen LogP contribution in [0.15, 0.2) is 76.1 Å². The third kappa shape index (κ3) is 4.34. The molecule has 2 aromatic carbocycles. The molecular weight excluding hydrogens is 402 g/mol. The van der Waals surface area contributed by atoms with E-state index in [9.17, 15) is 4.79 Å². The van der Waals surface area contributed by atoms with Gasteiger partial charge in [-0.25, -0.2) is 9.98 Å². The van der Waals surface area contributed by atoms with Crippen LogP contribution in [0.4, 0.5) is 11.5 Å². The third-order valence-electron chi connectivity index (χ3n) is 4.39. The topological polar surface area (TPSA) is 76.7 Å². The first-order valence-corrected chi connectivity index (χ1v) is 9.57. The molecule has 0 fully saturated rings. The molecule has 30 heavy (non-hydrogen) atoms. The Morgan fingerprint density at radius 2 is 1.90 bits per heavy atom. The number of pyridine rings is 1. The number of fused-ring (bicyclic) bond motifs is 1. The number of halogens is 1. The van der Waals surface area contributed by atoms with E-state index in [1.54, 1.807) is 61.7 Å². The van der Waals surface area contributed by atoms with Crippen molar-refractivity contribution in [2.45, 2.75) is 6.92 Å². The summed E-state index contributed by atoms with van der Waals surface area (Å²) in [5, 5.41) is 4.04. The molecule has 0 bridgehead atoms. The molecule has 0 saturated carbocycles. The quantitative estimate of drug-likeness (QED) is 0.488. The first-order chi connectivity index (χ1) is 14.5. The van der Waals surface area contributed by atoms with E-state index in [1.807, 2.05) is 19.1 Å². The second-order valence-corrected chi connectivity index (χ2v) is 7.01. The number of nitrogens with zero attached hydrogens (tertiary/aromatic N) is 2. The lowest BCUT2D eigenvalue weighted by Crippen LogP contribution is -2.22. The smallest absolute Gasteiger partial charge is 0.262 e. The van der Waals surface area contributed by atoms with Gasteiger partial charge in [-0.05, 0) is 67.6 Å². The molecule has 1 amide bonds. The van der Waals surface area contributed by atoms with Crippen molar-refractivity contribution in [2.24, 2.45) is 4.99 Å². The lowest BCUT2D eigenvalue weighted by Gasteiger charge is -2.07. The predicted molar refractivity (Wildman–Crippen MR) is 116 cm³/mol. The summed E-state index contributed by atoms with van der Waals surface area (Å²) >= 11 is 6.11. The van der Waals surface area contributed by atoms with Gasteiger partial charge in [-0.15, -0.1) is 0 Å². The van der Waals surface area contributed by atoms with Gasteiger partial charge in [0.1, 0.15) is 22.7 Å². The minimum atomic E-state index is -0.383. The van der Waals surface area contributed by atoms with Crippen LogP contribution in [-0.4, -0.2) is 18.0 Å². The molecule has 150 valence electrons. The third-order valence-corrected chi connectivity index (χ3v) is 4.62. The van der Waals surface area contributed by atoms with Crippen LogP contribution < -0.4 is 15.6 Å². The highest BCUT2D eigenvalue weighted by Crippen LogP contribution is 2.21. The number of ether oxygens (including phenoxy) is 1. The highest BCUT2D eigenvalue weighted by atomic mass is 35.5. The number of nitrogens with one attached hydrogen (secondary N) is 1. The van der Waals surface area contributed by atoms with Crippen molar-refractivity contribution in [1.82, 2.24) is 4.98 Å². The zero-order chi connectivity index (χ0) is 21.1. The monoisotopic (exact) mass is 419 g/mol. The molecule has 0 aliphatic heterocycles. The van der Waals surface area contributed by atoms with Gasteiger partial charge in [0.05, 0.1) is 12.8 Å². The van der Waals surface area contributed by atoms with E-state index in [4.69, 9.17) is 20.8 Å². The number of aryl methyl sites for hydroxylation is 1. The fourth-order valence-electron chi connectivity index (χ4n) is 2.92. The summed E-state index contributed by atoms with van der Waals surface area (Å²) in [6.07, 6.45) is 0. The summed E-state index contributed by atoms with van der Waals surface area (Å²) < 4.78 is 11.1. The van der Waals surface area contributed by atoms with E-state index < -0.39 is 0 Å². The van der Waals surface area contributed by atoms with Gasteiger partial charge in [0.15, 0.2) is 0 Å². The SMILES string of the molecule is COc1ccc(N=c2oc3ccc(Cl)cc3cc2C(=O)Nc2cccc(C)n2)cc1. The number of hydrogen-bond acceptors (Lipinski definition) is 5. The average molecular weight is 420 g/mol. The minimum absolute atomic E-state index is 0.181. The van der Waals surface area contributed by atoms with Crippen LogP contribution in [0.2, 0.25) is 5.02 Å². The lowest BCUT2D eigenvalue weighted by atomic mass is 10.1. The Bertz CT molecular complexity index is 1300. The van der Waals surface area contributed by atoms with Crippen molar-refractivity contribution in [1.29, 1.82) is 0 Å². The molecule has 2 aromatic heterocycles. The number of carbonyl (C=O) groups excluding carboxylic acids is 1. The molecular formula is C23H18ClN3O3. The van der Waals surface area contributed by atoms with E-state index in [2.05, 4.69) is 15.3 Å². The number of rotatable bonds is 4. The second-order valence-electron chi connectivity index (χ2n) is 6.58. The fourth-order valence-corrected chi connectivity index (χ4v) is 3.10. The van der Waals surface area contributed by atoms with Crippen LogP contribution in [0, 0.1) is 6.92 Å². The standard InChI is InChI=1S/C23H18ClN3O3/c1-14-4-3-5-21(25-14)27-22(28)19-13-15-12-16(24)6-11-20(15)30-23(19)26-17-7-9-18(29-2)10-8-17/h3-13H,1-2H3,(H,25,27,28). The highest BCUT2D eigenvalue weighted by molar-refractivity contribution is 6.31. The molecule has 4 aromatic rings. The number of anilines is 1. The van der Waals surface area contributed by atoms with Gasteiger partial charge in [0.25, 0.3) is 5.91 Å². The number of amides is 1. The van der Waals surface area contributed by atoms with E-state index in [-0.39, 0.29) is 17.0 Å². The summed E-state index contributed by atoms with van der Waals surface area (Å²) in [7, 11) is 1.59. The van der Waals surface area contributed by atoms with Gasteiger partial charge in [-0.2, -0.15) is 0 Å². The van der Waals surface area contributed by atoms with Crippen LogP contribution in [0.25, 0.3) is 11.0 Å². The Hall–Kier alpha value is -3.64. The molecule has 1 N–H and O–H groups in total. The maximum atomic E-state index is 13.0. The maximum absolute atomic E-state index is 13.0. The molecule has 0 aliphatic rings. The molecule has 4 rings (SSSR count). The van der Waals surface area contributed by atoms with Crippen molar-refractivity contribution in [3.8, 4) is 5.75 Å². The fraction of sp³-hybridized carbons (Fsp3) is 0.0870. The molecule has 0 radical (unpaired) electrons. The number of hydrogen-bond donors (Lipinski definition) is 1. The van der Waals surface area contributed by atoms with Crippen molar-refractivity contribution in [2.75, 3.05) is 12.4 Å². The number of carbonyl (C=O) groups is 1. The van der Waals surface area contributed by atoms with Gasteiger partial charge in [0, 0.05) is 16.1 Å². The van der Waals surface area contributed by atoms with Crippen LogP contribution in [0.3, 0.4) is 0 Å². The lowest BCUT2D eigenvalue weighted by molar-refractivity contribution is 0.102. The van der Waals surface area contributed by atoms with Crippen LogP contribution in [0.1, 0.15) is 16.1 Å². The van der Waals surface area contributed by atoms with E-state index >= 15 is 0 Å². The number of benzene rings is 2. The summed E-state index contributed by atoms with van der Waals surface area (Å²) in [4.78, 5) is 21.9. The normalized spacial score (nSPS) is 11.5. The van der Waals surface area contributed by atoms with Crippen molar-refractivity contribution in [3.63, 3.8) is 0 Å². The van der Waals surface area contributed by atoms with Crippen molar-refractivity contribution in [3.05, 3.63) is 88.6 Å². The first-order valence-electron chi connectivity index (χ1n) is 9.19. The molecule has 0 spiro atoms. The summed E-state index contributed by atoms with van der Waals surface area (Å²) in [5.41, 5.74) is 2.43. The predicted octanol–water partition coefficient (Wildman–Crippen LogP) is 5.28. The molecule has 0 saturated heterocycles. The highest BCUT2D eigenvalue weighted by Gasteiger charge is 2.14. The Morgan fingerprint density at radius 3 is 2.63 bits per heavy atom. The second kappa shape index (κ2) is 8.39. The molecule has 0 unspecified atom stereocenters. The molecule has 0 aliphatic carbocycles. The van der Waals surface area contributed by atoms with Crippen molar-refractivity contribution >= 4 is 40.0 Å².